The number of ether oxygens (including phenoxy) is 2. The maximum absolute atomic E-state index is 12.6. The molecule has 2 aliphatic rings. The average Bonchev–Trinajstić information content (AvgIpc) is 3.13. The first-order valence-electron chi connectivity index (χ1n) is 7.97. The van der Waals surface area contributed by atoms with Crippen LogP contribution in [-0.4, -0.2) is 54.8 Å². The van der Waals surface area contributed by atoms with Crippen LogP contribution in [-0.2, 0) is 9.47 Å². The number of carbonyl (C=O) groups is 1. The molecule has 2 atom stereocenters. The fourth-order valence-corrected chi connectivity index (χ4v) is 3.49. The van der Waals surface area contributed by atoms with E-state index in [-0.39, 0.29) is 11.5 Å². The summed E-state index contributed by atoms with van der Waals surface area (Å²) in [6, 6.07) is 3.73. The van der Waals surface area contributed by atoms with Gasteiger partial charge in [-0.05, 0) is 44.2 Å². The molecule has 0 aromatic carbocycles. The van der Waals surface area contributed by atoms with Crippen LogP contribution < -0.4 is 0 Å². The van der Waals surface area contributed by atoms with E-state index in [1.54, 1.807) is 13.3 Å². The van der Waals surface area contributed by atoms with Crippen LogP contribution in [0.5, 0.6) is 0 Å². The number of pyridine rings is 1. The van der Waals surface area contributed by atoms with Gasteiger partial charge in [0.25, 0.3) is 5.91 Å². The number of hydrogen-bond acceptors (Lipinski definition) is 4. The van der Waals surface area contributed by atoms with Crippen LogP contribution >= 0.6 is 0 Å². The lowest BCUT2D eigenvalue weighted by Gasteiger charge is -2.23. The van der Waals surface area contributed by atoms with E-state index in [1.165, 1.54) is 0 Å². The highest BCUT2D eigenvalue weighted by Crippen LogP contribution is 2.39. The van der Waals surface area contributed by atoms with E-state index in [1.807, 2.05) is 24.0 Å². The molecule has 1 amide bonds. The third kappa shape index (κ3) is 3.15. The van der Waals surface area contributed by atoms with Crippen molar-refractivity contribution in [2.24, 2.45) is 5.92 Å². The smallest absolute Gasteiger partial charge is 0.255 e. The molecule has 0 unspecified atom stereocenters. The number of amides is 1. The number of rotatable bonds is 4. The molecule has 3 heterocycles. The van der Waals surface area contributed by atoms with Crippen molar-refractivity contribution in [3.8, 4) is 0 Å². The fourth-order valence-electron chi connectivity index (χ4n) is 3.49. The van der Waals surface area contributed by atoms with Gasteiger partial charge in [-0.25, -0.2) is 0 Å². The molecule has 1 spiro atoms. The van der Waals surface area contributed by atoms with Crippen LogP contribution in [0, 0.1) is 12.8 Å². The van der Waals surface area contributed by atoms with Crippen molar-refractivity contribution in [2.45, 2.75) is 31.8 Å². The maximum Gasteiger partial charge on any atom is 0.255 e. The van der Waals surface area contributed by atoms with Gasteiger partial charge >= 0.3 is 0 Å². The second kappa shape index (κ2) is 6.34. The Morgan fingerprint density at radius 2 is 2.41 bits per heavy atom. The third-order valence-corrected chi connectivity index (χ3v) is 4.78. The molecule has 0 N–H and O–H groups in total. The molecule has 3 rings (SSSR count). The number of hydrogen-bond donors (Lipinski definition) is 0. The quantitative estimate of drug-likeness (QED) is 0.854. The standard InChI is InChI=1S/C17H24N2O3/c1-13-3-4-15(10-18-13)16(20)19-7-6-17(12-19)9-14(11-22-17)5-8-21-2/h3-4,10,14H,5-9,11-12H2,1-2H3/t14-,17+/m1/s1. The number of aromatic nitrogens is 1. The Balaban J connectivity index is 1.60. The Morgan fingerprint density at radius 3 is 3.14 bits per heavy atom. The van der Waals surface area contributed by atoms with Gasteiger partial charge in [0.1, 0.15) is 0 Å². The van der Waals surface area contributed by atoms with Crippen molar-refractivity contribution in [3.05, 3.63) is 29.6 Å². The molecular weight excluding hydrogens is 280 g/mol. The lowest BCUT2D eigenvalue weighted by Crippen LogP contribution is -2.35. The largest absolute Gasteiger partial charge is 0.385 e. The van der Waals surface area contributed by atoms with Gasteiger partial charge in [-0.15, -0.1) is 0 Å². The Labute approximate surface area is 131 Å². The highest BCUT2D eigenvalue weighted by molar-refractivity contribution is 5.94. The lowest BCUT2D eigenvalue weighted by molar-refractivity contribution is 0.0113. The summed E-state index contributed by atoms with van der Waals surface area (Å²) in [5, 5.41) is 0. The zero-order chi connectivity index (χ0) is 15.6. The van der Waals surface area contributed by atoms with Crippen LogP contribution in [0.25, 0.3) is 0 Å². The van der Waals surface area contributed by atoms with Crippen molar-refractivity contribution < 1.29 is 14.3 Å². The summed E-state index contributed by atoms with van der Waals surface area (Å²) in [6.45, 7) is 4.96. The van der Waals surface area contributed by atoms with Crippen molar-refractivity contribution in [1.82, 2.24) is 9.88 Å². The first-order chi connectivity index (χ1) is 10.6. The van der Waals surface area contributed by atoms with E-state index in [0.29, 0.717) is 18.0 Å². The summed E-state index contributed by atoms with van der Waals surface area (Å²) in [4.78, 5) is 18.7. The van der Waals surface area contributed by atoms with Gasteiger partial charge in [0.05, 0.1) is 24.3 Å². The van der Waals surface area contributed by atoms with Crippen LogP contribution in [0.4, 0.5) is 0 Å². The van der Waals surface area contributed by atoms with Crippen molar-refractivity contribution in [3.63, 3.8) is 0 Å². The van der Waals surface area contributed by atoms with Gasteiger partial charge in [-0.3, -0.25) is 9.78 Å². The van der Waals surface area contributed by atoms with Crippen LogP contribution in [0.15, 0.2) is 18.3 Å². The maximum atomic E-state index is 12.6. The zero-order valence-electron chi connectivity index (χ0n) is 13.4. The van der Waals surface area contributed by atoms with Gasteiger partial charge in [0.2, 0.25) is 0 Å². The molecule has 0 saturated carbocycles. The molecule has 5 nitrogen and oxygen atoms in total. The molecule has 120 valence electrons. The lowest BCUT2D eigenvalue weighted by atomic mass is 9.92. The van der Waals surface area contributed by atoms with E-state index in [2.05, 4.69) is 4.98 Å². The minimum absolute atomic E-state index is 0.0633. The molecule has 22 heavy (non-hydrogen) atoms. The zero-order valence-corrected chi connectivity index (χ0v) is 13.4. The minimum atomic E-state index is -0.133. The van der Waals surface area contributed by atoms with Crippen molar-refractivity contribution in [2.75, 3.05) is 33.4 Å². The van der Waals surface area contributed by atoms with E-state index in [9.17, 15) is 4.79 Å². The van der Waals surface area contributed by atoms with Gasteiger partial charge in [-0.2, -0.15) is 0 Å². The molecule has 2 fully saturated rings. The molecule has 2 saturated heterocycles. The topological polar surface area (TPSA) is 51.7 Å². The molecule has 1 aromatic rings. The summed E-state index contributed by atoms with van der Waals surface area (Å²) >= 11 is 0. The molecular formula is C17H24N2O3. The third-order valence-electron chi connectivity index (χ3n) is 4.78. The average molecular weight is 304 g/mol. The van der Waals surface area contributed by atoms with Crippen LogP contribution in [0.3, 0.4) is 0 Å². The normalized spacial score (nSPS) is 27.7. The van der Waals surface area contributed by atoms with Gasteiger partial charge in [0.15, 0.2) is 0 Å². The second-order valence-corrected chi connectivity index (χ2v) is 6.51. The Kier molecular flexibility index (Phi) is 4.45. The van der Waals surface area contributed by atoms with Crippen molar-refractivity contribution >= 4 is 5.91 Å². The summed E-state index contributed by atoms with van der Waals surface area (Å²) in [5.41, 5.74) is 1.46. The van der Waals surface area contributed by atoms with E-state index in [0.717, 1.165) is 44.7 Å². The molecule has 5 heteroatoms. The summed E-state index contributed by atoms with van der Waals surface area (Å²) < 4.78 is 11.2. The number of methoxy groups -OCH3 is 1. The first-order valence-corrected chi connectivity index (χ1v) is 7.97. The van der Waals surface area contributed by atoms with E-state index >= 15 is 0 Å². The second-order valence-electron chi connectivity index (χ2n) is 6.51. The number of carbonyl (C=O) groups excluding carboxylic acids is 1. The SMILES string of the molecule is COCC[C@H]1CO[C@@]2(CCN(C(=O)c3ccc(C)nc3)C2)C1. The predicted molar refractivity (Wildman–Crippen MR) is 82.8 cm³/mol. The van der Waals surface area contributed by atoms with Gasteiger partial charge < -0.3 is 14.4 Å². The highest BCUT2D eigenvalue weighted by Gasteiger charge is 2.46. The number of likely N-dealkylation sites (tertiary alicyclic amines) is 1. The van der Waals surface area contributed by atoms with E-state index in [4.69, 9.17) is 9.47 Å². The predicted octanol–water partition coefficient (Wildman–Crippen LogP) is 2.05. The number of nitrogens with zero attached hydrogens (tertiary/aromatic N) is 2. The molecule has 0 radical (unpaired) electrons. The van der Waals surface area contributed by atoms with Crippen LogP contribution in [0.2, 0.25) is 0 Å². The highest BCUT2D eigenvalue weighted by atomic mass is 16.5. The molecule has 1 aromatic heterocycles. The Morgan fingerprint density at radius 1 is 1.55 bits per heavy atom. The Hall–Kier alpha value is -1.46. The van der Waals surface area contributed by atoms with Gasteiger partial charge in [-0.1, -0.05) is 0 Å². The molecule has 0 aliphatic carbocycles. The first kappa shape index (κ1) is 15.4. The van der Waals surface area contributed by atoms with Crippen LogP contribution in [0.1, 0.15) is 35.3 Å². The summed E-state index contributed by atoms with van der Waals surface area (Å²) in [7, 11) is 1.73. The number of aryl methyl sites for hydroxylation is 1. The fraction of sp³-hybridized carbons (Fsp3) is 0.647. The Bertz CT molecular complexity index is 531. The molecule has 2 aliphatic heterocycles. The monoisotopic (exact) mass is 304 g/mol. The molecule has 0 bridgehead atoms. The van der Waals surface area contributed by atoms with E-state index < -0.39 is 0 Å². The van der Waals surface area contributed by atoms with Gasteiger partial charge in [0, 0.05) is 32.2 Å². The van der Waals surface area contributed by atoms with Crippen molar-refractivity contribution in [1.29, 1.82) is 0 Å². The summed E-state index contributed by atoms with van der Waals surface area (Å²) in [6.07, 6.45) is 4.67. The summed E-state index contributed by atoms with van der Waals surface area (Å²) in [5.74, 6) is 0.615. The minimum Gasteiger partial charge on any atom is -0.385 e.